The smallest absolute Gasteiger partial charge is 0.326 e. The molecule has 1 amide bonds. The van der Waals surface area contributed by atoms with Gasteiger partial charge in [0.2, 0.25) is 5.91 Å². The Morgan fingerprint density at radius 3 is 2.58 bits per heavy atom. The van der Waals surface area contributed by atoms with Crippen molar-refractivity contribution in [2.45, 2.75) is 25.8 Å². The maximum atomic E-state index is 11.8. The SMILES string of the molecule is CCSCCC(NC(=O)Cc1ccccc1)C(=O)O. The quantitative estimate of drug-likeness (QED) is 0.715. The molecule has 1 aromatic carbocycles. The number of carboxylic acid groups (broad SMARTS) is 1. The highest BCUT2D eigenvalue weighted by Crippen LogP contribution is 2.05. The average molecular weight is 281 g/mol. The van der Waals surface area contributed by atoms with Crippen LogP contribution in [0.4, 0.5) is 0 Å². The van der Waals surface area contributed by atoms with Crippen LogP contribution in [0.1, 0.15) is 18.9 Å². The highest BCUT2D eigenvalue weighted by molar-refractivity contribution is 7.99. The van der Waals surface area contributed by atoms with E-state index in [1.54, 1.807) is 11.8 Å². The summed E-state index contributed by atoms with van der Waals surface area (Å²) in [6.07, 6.45) is 0.667. The molecule has 0 heterocycles. The number of rotatable bonds is 8. The second-order valence-electron chi connectivity index (χ2n) is 4.11. The van der Waals surface area contributed by atoms with Gasteiger partial charge in [-0.3, -0.25) is 4.79 Å². The molecule has 4 nitrogen and oxygen atoms in total. The van der Waals surface area contributed by atoms with E-state index in [2.05, 4.69) is 5.32 Å². The highest BCUT2D eigenvalue weighted by atomic mass is 32.2. The maximum Gasteiger partial charge on any atom is 0.326 e. The monoisotopic (exact) mass is 281 g/mol. The van der Waals surface area contributed by atoms with E-state index >= 15 is 0 Å². The zero-order chi connectivity index (χ0) is 14.1. The molecule has 104 valence electrons. The number of aliphatic carboxylic acids is 1. The molecule has 0 aliphatic rings. The zero-order valence-corrected chi connectivity index (χ0v) is 11.8. The van der Waals surface area contributed by atoms with Gasteiger partial charge in [-0.25, -0.2) is 4.79 Å². The second kappa shape index (κ2) is 8.58. The van der Waals surface area contributed by atoms with Crippen molar-refractivity contribution in [2.75, 3.05) is 11.5 Å². The molecule has 0 saturated carbocycles. The highest BCUT2D eigenvalue weighted by Gasteiger charge is 2.19. The molecule has 0 spiro atoms. The first-order valence-electron chi connectivity index (χ1n) is 6.27. The lowest BCUT2D eigenvalue weighted by atomic mass is 10.1. The Balaban J connectivity index is 2.45. The molecule has 0 aliphatic heterocycles. The van der Waals surface area contributed by atoms with Crippen molar-refractivity contribution in [3.8, 4) is 0 Å². The first kappa shape index (κ1) is 15.6. The number of hydrogen-bond donors (Lipinski definition) is 2. The summed E-state index contributed by atoms with van der Waals surface area (Å²) in [6, 6.07) is 8.49. The molecule has 1 aromatic rings. The number of carbonyl (C=O) groups excluding carboxylic acids is 1. The fraction of sp³-hybridized carbons (Fsp3) is 0.429. The van der Waals surface area contributed by atoms with E-state index in [-0.39, 0.29) is 12.3 Å². The normalized spacial score (nSPS) is 11.8. The fourth-order valence-electron chi connectivity index (χ4n) is 1.63. The first-order chi connectivity index (χ1) is 9.13. The van der Waals surface area contributed by atoms with Gasteiger partial charge in [0.25, 0.3) is 0 Å². The van der Waals surface area contributed by atoms with Crippen LogP contribution in [-0.2, 0) is 16.0 Å². The molecule has 0 aromatic heterocycles. The zero-order valence-electron chi connectivity index (χ0n) is 11.0. The molecule has 0 radical (unpaired) electrons. The molecule has 5 heteroatoms. The van der Waals surface area contributed by atoms with E-state index in [1.165, 1.54) is 0 Å². The van der Waals surface area contributed by atoms with Crippen molar-refractivity contribution in [1.82, 2.24) is 5.32 Å². The molecular formula is C14H19NO3S. The van der Waals surface area contributed by atoms with E-state index < -0.39 is 12.0 Å². The van der Waals surface area contributed by atoms with Crippen LogP contribution in [0.15, 0.2) is 30.3 Å². The molecular weight excluding hydrogens is 262 g/mol. The molecule has 0 aliphatic carbocycles. The first-order valence-corrected chi connectivity index (χ1v) is 7.42. The number of nitrogens with one attached hydrogen (secondary N) is 1. The van der Waals surface area contributed by atoms with E-state index in [0.29, 0.717) is 6.42 Å². The molecule has 2 N–H and O–H groups in total. The van der Waals surface area contributed by atoms with Gasteiger partial charge < -0.3 is 10.4 Å². The Bertz CT molecular complexity index is 408. The van der Waals surface area contributed by atoms with Gasteiger partial charge in [0.05, 0.1) is 6.42 Å². The van der Waals surface area contributed by atoms with Gasteiger partial charge in [0.15, 0.2) is 0 Å². The summed E-state index contributed by atoms with van der Waals surface area (Å²) >= 11 is 1.67. The van der Waals surface area contributed by atoms with Crippen LogP contribution in [0.5, 0.6) is 0 Å². The maximum absolute atomic E-state index is 11.8. The minimum Gasteiger partial charge on any atom is -0.480 e. The van der Waals surface area contributed by atoms with Crippen molar-refractivity contribution in [2.24, 2.45) is 0 Å². The molecule has 19 heavy (non-hydrogen) atoms. The van der Waals surface area contributed by atoms with Crippen molar-refractivity contribution < 1.29 is 14.7 Å². The van der Waals surface area contributed by atoms with Crippen LogP contribution in [0.3, 0.4) is 0 Å². The minimum absolute atomic E-state index is 0.214. The summed E-state index contributed by atoms with van der Waals surface area (Å²) < 4.78 is 0. The van der Waals surface area contributed by atoms with Gasteiger partial charge >= 0.3 is 5.97 Å². The van der Waals surface area contributed by atoms with Crippen molar-refractivity contribution in [1.29, 1.82) is 0 Å². The van der Waals surface area contributed by atoms with E-state index in [0.717, 1.165) is 17.1 Å². The Hall–Kier alpha value is -1.49. The third-order valence-electron chi connectivity index (χ3n) is 2.60. The van der Waals surface area contributed by atoms with E-state index in [9.17, 15) is 9.59 Å². The molecule has 0 bridgehead atoms. The van der Waals surface area contributed by atoms with Gasteiger partial charge in [-0.15, -0.1) is 0 Å². The van der Waals surface area contributed by atoms with Crippen LogP contribution in [0.2, 0.25) is 0 Å². The molecule has 1 atom stereocenters. The topological polar surface area (TPSA) is 66.4 Å². The van der Waals surface area contributed by atoms with Gasteiger partial charge in [-0.05, 0) is 23.5 Å². The van der Waals surface area contributed by atoms with E-state index in [1.807, 2.05) is 37.3 Å². The molecule has 0 saturated heterocycles. The summed E-state index contributed by atoms with van der Waals surface area (Å²) in [4.78, 5) is 22.8. The number of carboxylic acids is 1. The number of amides is 1. The Morgan fingerprint density at radius 2 is 2.00 bits per heavy atom. The fourth-order valence-corrected chi connectivity index (χ4v) is 2.32. The van der Waals surface area contributed by atoms with Gasteiger partial charge in [0.1, 0.15) is 6.04 Å². The second-order valence-corrected chi connectivity index (χ2v) is 5.50. The molecule has 1 unspecified atom stereocenters. The standard InChI is InChI=1S/C14H19NO3S/c1-2-19-9-8-12(14(17)18)15-13(16)10-11-6-4-3-5-7-11/h3-7,12H,2,8-10H2,1H3,(H,15,16)(H,17,18). The minimum atomic E-state index is -0.974. The van der Waals surface area contributed by atoms with Crippen LogP contribution >= 0.6 is 11.8 Å². The number of benzene rings is 1. The summed E-state index contributed by atoms with van der Waals surface area (Å²) in [6.45, 7) is 2.02. The number of thioether (sulfide) groups is 1. The molecule has 1 rings (SSSR count). The van der Waals surface area contributed by atoms with Crippen molar-refractivity contribution in [3.05, 3.63) is 35.9 Å². The lowest BCUT2D eigenvalue weighted by Crippen LogP contribution is -2.41. The third-order valence-corrected chi connectivity index (χ3v) is 3.53. The van der Waals surface area contributed by atoms with Crippen molar-refractivity contribution in [3.63, 3.8) is 0 Å². The predicted molar refractivity (Wildman–Crippen MR) is 77.3 cm³/mol. The number of hydrogen-bond acceptors (Lipinski definition) is 3. The predicted octanol–water partition coefficient (Wildman–Crippen LogP) is 1.94. The molecule has 0 fully saturated rings. The number of carbonyl (C=O) groups is 2. The lowest BCUT2D eigenvalue weighted by Gasteiger charge is -2.14. The van der Waals surface area contributed by atoms with Crippen LogP contribution in [0, 0.1) is 0 Å². The lowest BCUT2D eigenvalue weighted by molar-refractivity contribution is -0.141. The Labute approximate surface area is 117 Å². The largest absolute Gasteiger partial charge is 0.480 e. The Morgan fingerprint density at radius 1 is 1.32 bits per heavy atom. The van der Waals surface area contributed by atoms with Crippen molar-refractivity contribution >= 4 is 23.6 Å². The third kappa shape index (κ3) is 6.29. The van der Waals surface area contributed by atoms with Gasteiger partial charge in [0, 0.05) is 0 Å². The average Bonchev–Trinajstić information content (AvgIpc) is 2.38. The summed E-state index contributed by atoms with van der Waals surface area (Å²) in [7, 11) is 0. The van der Waals surface area contributed by atoms with Gasteiger partial charge in [-0.2, -0.15) is 11.8 Å². The van der Waals surface area contributed by atoms with Crippen LogP contribution < -0.4 is 5.32 Å². The Kier molecular flexibility index (Phi) is 7.03. The summed E-state index contributed by atoms with van der Waals surface area (Å²) in [5.74, 6) is 0.460. The van der Waals surface area contributed by atoms with E-state index in [4.69, 9.17) is 5.11 Å². The summed E-state index contributed by atoms with van der Waals surface area (Å²) in [5, 5.41) is 11.6. The van der Waals surface area contributed by atoms with Crippen LogP contribution in [0.25, 0.3) is 0 Å². The van der Waals surface area contributed by atoms with Crippen LogP contribution in [-0.4, -0.2) is 34.5 Å². The van der Waals surface area contributed by atoms with Gasteiger partial charge in [-0.1, -0.05) is 37.3 Å². The summed E-state index contributed by atoms with van der Waals surface area (Å²) in [5.41, 5.74) is 0.882.